The molecule has 4 rings (SSSR count). The van der Waals surface area contributed by atoms with Gasteiger partial charge in [-0.05, 0) is 41.3 Å². The fraction of sp³-hybridized carbons (Fsp3) is 0.100. The zero-order valence-electron chi connectivity index (χ0n) is 15.6. The van der Waals surface area contributed by atoms with Crippen molar-refractivity contribution in [1.82, 2.24) is 19.7 Å². The Morgan fingerprint density at radius 1 is 1.21 bits per heavy atom. The molecule has 142 valence electrons. The Morgan fingerprint density at radius 2 is 2.03 bits per heavy atom. The van der Waals surface area contributed by atoms with Gasteiger partial charge in [0.2, 0.25) is 11.7 Å². The summed E-state index contributed by atoms with van der Waals surface area (Å²) in [6.45, 7) is 1.83. The van der Waals surface area contributed by atoms with Crippen LogP contribution >= 0.6 is 0 Å². The second kappa shape index (κ2) is 7.06. The summed E-state index contributed by atoms with van der Waals surface area (Å²) in [5.41, 5.74) is 12.5. The van der Waals surface area contributed by atoms with E-state index in [1.54, 1.807) is 48.4 Å². The van der Waals surface area contributed by atoms with Crippen LogP contribution in [0.5, 0.6) is 0 Å². The number of aromatic amines is 1. The van der Waals surface area contributed by atoms with Gasteiger partial charge in [0.15, 0.2) is 0 Å². The molecule has 0 saturated heterocycles. The number of benzene rings is 1. The van der Waals surface area contributed by atoms with Gasteiger partial charge in [-0.3, -0.25) is 14.3 Å². The molecule has 3 aromatic heterocycles. The largest absolute Gasteiger partial charge is 0.345 e. The first kappa shape index (κ1) is 18.1. The SMILES string of the molecule is Cc1cc(C(=O)c2c[nH]c3ncc(-c4cccc(C(=O)N=[N+]=[N-])c4)cc23)n(C)n1. The molecule has 0 bridgehead atoms. The number of hydrogen-bond acceptors (Lipinski definition) is 4. The van der Waals surface area contributed by atoms with Crippen molar-refractivity contribution >= 4 is 22.7 Å². The normalized spacial score (nSPS) is 10.7. The molecule has 29 heavy (non-hydrogen) atoms. The molecule has 0 radical (unpaired) electrons. The molecule has 4 aromatic rings. The van der Waals surface area contributed by atoms with Crippen LogP contribution in [0.1, 0.15) is 32.1 Å². The number of H-pyrrole nitrogens is 1. The van der Waals surface area contributed by atoms with Gasteiger partial charge in [-0.25, -0.2) is 4.98 Å². The summed E-state index contributed by atoms with van der Waals surface area (Å²) in [5.74, 6) is -0.821. The van der Waals surface area contributed by atoms with Gasteiger partial charge in [-0.1, -0.05) is 18.2 Å². The standard InChI is InChI=1S/C20H15N7O2/c1-11-6-17(27(2)25-11)18(28)16-10-23-19-15(16)8-14(9-22-19)12-4-3-5-13(7-12)20(29)24-26-21/h3-10H,1-2H3,(H,22,23). The quantitative estimate of drug-likeness (QED) is 0.247. The minimum atomic E-state index is -0.660. The number of rotatable bonds is 4. The average Bonchev–Trinajstić information content (AvgIpc) is 3.29. The summed E-state index contributed by atoms with van der Waals surface area (Å²) < 4.78 is 1.55. The third kappa shape index (κ3) is 3.26. The Balaban J connectivity index is 1.79. The van der Waals surface area contributed by atoms with E-state index in [9.17, 15) is 9.59 Å². The number of fused-ring (bicyclic) bond motifs is 1. The molecule has 0 atom stereocenters. The van der Waals surface area contributed by atoms with Crippen LogP contribution in [-0.4, -0.2) is 31.4 Å². The van der Waals surface area contributed by atoms with Crippen molar-refractivity contribution in [3.05, 3.63) is 81.7 Å². The molecule has 0 unspecified atom stereocenters. The number of aryl methyl sites for hydroxylation is 2. The molecule has 9 nitrogen and oxygen atoms in total. The van der Waals surface area contributed by atoms with Crippen molar-refractivity contribution in [2.75, 3.05) is 0 Å². The van der Waals surface area contributed by atoms with Gasteiger partial charge in [-0.15, -0.1) is 0 Å². The number of nitrogens with one attached hydrogen (secondary N) is 1. The fourth-order valence-electron chi connectivity index (χ4n) is 3.24. The minimum Gasteiger partial charge on any atom is -0.345 e. The lowest BCUT2D eigenvalue weighted by Crippen LogP contribution is -2.07. The van der Waals surface area contributed by atoms with E-state index >= 15 is 0 Å². The maximum Gasteiger partial charge on any atom is 0.249 e. The highest BCUT2D eigenvalue weighted by molar-refractivity contribution is 6.15. The first-order chi connectivity index (χ1) is 14.0. The third-order valence-electron chi connectivity index (χ3n) is 4.59. The lowest BCUT2D eigenvalue weighted by Gasteiger charge is -2.05. The van der Waals surface area contributed by atoms with E-state index in [0.29, 0.717) is 22.3 Å². The molecular weight excluding hydrogens is 370 g/mol. The van der Waals surface area contributed by atoms with Gasteiger partial charge in [-0.2, -0.15) is 5.10 Å². The average molecular weight is 385 g/mol. The lowest BCUT2D eigenvalue weighted by molar-refractivity contribution is 0.0998. The van der Waals surface area contributed by atoms with Crippen LogP contribution in [0.4, 0.5) is 0 Å². The fourth-order valence-corrected chi connectivity index (χ4v) is 3.24. The van der Waals surface area contributed by atoms with Crippen molar-refractivity contribution in [3.8, 4) is 11.1 Å². The number of amides is 1. The van der Waals surface area contributed by atoms with Gasteiger partial charge in [0.05, 0.1) is 11.3 Å². The number of azide groups is 1. The smallest absolute Gasteiger partial charge is 0.249 e. The number of hydrogen-bond donors (Lipinski definition) is 1. The van der Waals surface area contributed by atoms with Crippen LogP contribution in [0.3, 0.4) is 0 Å². The Kier molecular flexibility index (Phi) is 4.42. The van der Waals surface area contributed by atoms with E-state index in [1.165, 1.54) is 0 Å². The maximum absolute atomic E-state index is 13.0. The third-order valence-corrected chi connectivity index (χ3v) is 4.59. The predicted molar refractivity (Wildman–Crippen MR) is 106 cm³/mol. The van der Waals surface area contributed by atoms with E-state index in [2.05, 4.69) is 25.1 Å². The summed E-state index contributed by atoms with van der Waals surface area (Å²) in [5, 5.41) is 8.02. The molecule has 0 aliphatic heterocycles. The van der Waals surface area contributed by atoms with E-state index in [1.807, 2.05) is 19.1 Å². The van der Waals surface area contributed by atoms with Gasteiger partial charge in [0.25, 0.3) is 0 Å². The summed E-state index contributed by atoms with van der Waals surface area (Å²) in [6, 6.07) is 10.3. The number of carbonyl (C=O) groups is 2. The molecule has 1 amide bonds. The van der Waals surface area contributed by atoms with Crippen molar-refractivity contribution in [3.63, 3.8) is 0 Å². The van der Waals surface area contributed by atoms with E-state index < -0.39 is 5.91 Å². The van der Waals surface area contributed by atoms with E-state index in [4.69, 9.17) is 5.53 Å². The van der Waals surface area contributed by atoms with Crippen molar-refractivity contribution in [1.29, 1.82) is 0 Å². The summed E-state index contributed by atoms with van der Waals surface area (Å²) in [7, 11) is 1.73. The van der Waals surface area contributed by atoms with Crippen LogP contribution in [-0.2, 0) is 7.05 Å². The molecule has 0 aliphatic rings. The highest BCUT2D eigenvalue weighted by Gasteiger charge is 2.19. The molecule has 1 aromatic carbocycles. The zero-order chi connectivity index (χ0) is 20.5. The summed E-state index contributed by atoms with van der Waals surface area (Å²) >= 11 is 0. The van der Waals surface area contributed by atoms with Crippen LogP contribution < -0.4 is 0 Å². The molecule has 3 heterocycles. The number of carbonyl (C=O) groups excluding carboxylic acids is 2. The Morgan fingerprint density at radius 3 is 2.76 bits per heavy atom. The summed E-state index contributed by atoms with van der Waals surface area (Å²) in [6.07, 6.45) is 3.28. The van der Waals surface area contributed by atoms with Crippen LogP contribution in [0.15, 0.2) is 53.9 Å². The van der Waals surface area contributed by atoms with E-state index in [0.717, 1.165) is 16.8 Å². The van der Waals surface area contributed by atoms with Gasteiger partial charge < -0.3 is 4.98 Å². The number of pyridine rings is 1. The molecule has 0 fully saturated rings. The number of ketones is 1. The lowest BCUT2D eigenvalue weighted by atomic mass is 10.0. The molecule has 1 N–H and O–H groups in total. The molecule has 9 heteroatoms. The van der Waals surface area contributed by atoms with Gasteiger partial charge in [0, 0.05) is 40.9 Å². The van der Waals surface area contributed by atoms with Gasteiger partial charge in [0.1, 0.15) is 11.3 Å². The monoisotopic (exact) mass is 385 g/mol. The molecule has 0 spiro atoms. The first-order valence-electron chi connectivity index (χ1n) is 8.70. The Hall–Kier alpha value is -4.23. The molecular formula is C20H15N7O2. The van der Waals surface area contributed by atoms with Crippen LogP contribution in [0, 0.1) is 6.92 Å². The Labute approximate surface area is 164 Å². The highest BCUT2D eigenvalue weighted by Crippen LogP contribution is 2.27. The zero-order valence-corrected chi connectivity index (χ0v) is 15.6. The van der Waals surface area contributed by atoms with E-state index in [-0.39, 0.29) is 11.3 Å². The number of aromatic nitrogens is 4. The van der Waals surface area contributed by atoms with Crippen molar-refractivity contribution in [2.45, 2.75) is 6.92 Å². The molecule has 0 aliphatic carbocycles. The van der Waals surface area contributed by atoms with Gasteiger partial charge >= 0.3 is 0 Å². The second-order valence-corrected chi connectivity index (χ2v) is 6.52. The highest BCUT2D eigenvalue weighted by atomic mass is 16.1. The van der Waals surface area contributed by atoms with Crippen LogP contribution in [0.25, 0.3) is 32.6 Å². The van der Waals surface area contributed by atoms with Crippen molar-refractivity contribution in [2.24, 2.45) is 12.2 Å². The first-order valence-corrected chi connectivity index (χ1v) is 8.70. The van der Waals surface area contributed by atoms with Crippen LogP contribution in [0.2, 0.25) is 0 Å². The topological polar surface area (TPSA) is 129 Å². The maximum atomic E-state index is 13.0. The van der Waals surface area contributed by atoms with Crippen molar-refractivity contribution < 1.29 is 9.59 Å². The number of nitrogens with zero attached hydrogens (tertiary/aromatic N) is 6. The summed E-state index contributed by atoms with van der Waals surface area (Å²) in [4.78, 5) is 34.8. The minimum absolute atomic E-state index is 0.161. The predicted octanol–water partition coefficient (Wildman–Crippen LogP) is 3.95. The second-order valence-electron chi connectivity index (χ2n) is 6.52. The molecule has 0 saturated carbocycles. The Bertz CT molecular complexity index is 1330.